The second-order valence-corrected chi connectivity index (χ2v) is 7.02. The van der Waals surface area contributed by atoms with Crippen molar-refractivity contribution in [1.82, 2.24) is 5.43 Å². The normalized spacial score (nSPS) is 15.6. The number of carbonyl (C=O) groups is 2. The van der Waals surface area contributed by atoms with E-state index in [4.69, 9.17) is 4.74 Å². The summed E-state index contributed by atoms with van der Waals surface area (Å²) in [6.07, 6.45) is 0.447. The number of alkyl halides is 1. The molecule has 1 atom stereocenters. The van der Waals surface area contributed by atoms with Gasteiger partial charge in [-0.05, 0) is 43.0 Å². The number of aryl methyl sites for hydroxylation is 1. The fourth-order valence-corrected chi connectivity index (χ4v) is 3.12. The average molecular weight is 408 g/mol. The van der Waals surface area contributed by atoms with Gasteiger partial charge < -0.3 is 4.74 Å². The number of nitrogens with one attached hydrogen (secondary N) is 1. The van der Waals surface area contributed by atoms with Crippen LogP contribution in [0.1, 0.15) is 18.9 Å². The smallest absolute Gasteiger partial charge is 0.258 e. The zero-order valence-electron chi connectivity index (χ0n) is 17.1. The summed E-state index contributed by atoms with van der Waals surface area (Å²) < 4.78 is 17.6. The number of nitrogens with zero attached hydrogens (tertiary/aromatic N) is 1. The third kappa shape index (κ3) is 4.76. The number of rotatable bonds is 5. The summed E-state index contributed by atoms with van der Waals surface area (Å²) in [5.41, 5.74) is 4.43. The zero-order valence-corrected chi connectivity index (χ0v) is 17.1. The number of fused-ring (bicyclic) bond motifs is 1. The SMILES string of the molecule is CC1C(=O)NN(c2ccccc2)C1=O.Cc1ccc(OCCCF)c2ccccc12. The van der Waals surface area contributed by atoms with Gasteiger partial charge in [-0.1, -0.05) is 48.5 Å². The lowest BCUT2D eigenvalue weighted by atomic mass is 10.1. The molecule has 156 valence electrons. The van der Waals surface area contributed by atoms with E-state index >= 15 is 0 Å². The molecule has 0 bridgehead atoms. The van der Waals surface area contributed by atoms with Crippen LogP contribution in [0.3, 0.4) is 0 Å². The average Bonchev–Trinajstić information content (AvgIpc) is 3.04. The highest BCUT2D eigenvalue weighted by atomic mass is 19.1. The minimum Gasteiger partial charge on any atom is -0.493 e. The molecule has 0 spiro atoms. The van der Waals surface area contributed by atoms with Gasteiger partial charge >= 0.3 is 0 Å². The maximum Gasteiger partial charge on any atom is 0.258 e. The van der Waals surface area contributed by atoms with Crippen molar-refractivity contribution in [2.75, 3.05) is 18.3 Å². The van der Waals surface area contributed by atoms with Gasteiger partial charge in [0.05, 0.1) is 19.0 Å². The lowest BCUT2D eigenvalue weighted by Gasteiger charge is -2.14. The van der Waals surface area contributed by atoms with Gasteiger partial charge in [0.25, 0.3) is 11.8 Å². The van der Waals surface area contributed by atoms with Gasteiger partial charge in [-0.15, -0.1) is 0 Å². The van der Waals surface area contributed by atoms with Gasteiger partial charge in [-0.25, -0.2) is 5.01 Å². The van der Waals surface area contributed by atoms with Crippen molar-refractivity contribution in [2.24, 2.45) is 5.92 Å². The Kier molecular flexibility index (Phi) is 7.01. The van der Waals surface area contributed by atoms with Gasteiger partial charge in [0, 0.05) is 11.8 Å². The third-order valence-electron chi connectivity index (χ3n) is 4.86. The van der Waals surface area contributed by atoms with Crippen LogP contribution in [-0.4, -0.2) is 25.1 Å². The molecule has 30 heavy (non-hydrogen) atoms. The van der Waals surface area contributed by atoms with Crippen LogP contribution >= 0.6 is 0 Å². The molecule has 0 aliphatic carbocycles. The molecule has 3 aromatic rings. The summed E-state index contributed by atoms with van der Waals surface area (Å²) in [4.78, 5) is 22.8. The molecule has 0 saturated carbocycles. The van der Waals surface area contributed by atoms with Crippen LogP contribution in [0.2, 0.25) is 0 Å². The number of hydrogen-bond donors (Lipinski definition) is 1. The van der Waals surface area contributed by atoms with Crippen molar-refractivity contribution in [3.63, 3.8) is 0 Å². The van der Waals surface area contributed by atoms with Crippen molar-refractivity contribution in [3.8, 4) is 5.75 Å². The highest BCUT2D eigenvalue weighted by molar-refractivity contribution is 6.14. The summed E-state index contributed by atoms with van der Waals surface area (Å²) >= 11 is 0. The molecule has 1 fully saturated rings. The van der Waals surface area contributed by atoms with E-state index in [0.717, 1.165) is 11.1 Å². The lowest BCUT2D eigenvalue weighted by Crippen LogP contribution is -2.35. The highest BCUT2D eigenvalue weighted by Crippen LogP contribution is 2.28. The molecule has 1 aliphatic rings. The van der Waals surface area contributed by atoms with Crippen molar-refractivity contribution >= 4 is 28.3 Å². The van der Waals surface area contributed by atoms with Crippen LogP contribution in [0.5, 0.6) is 5.75 Å². The van der Waals surface area contributed by atoms with Crippen LogP contribution in [0, 0.1) is 12.8 Å². The fourth-order valence-electron chi connectivity index (χ4n) is 3.12. The zero-order chi connectivity index (χ0) is 21.5. The molecular weight excluding hydrogens is 383 g/mol. The number of halogens is 1. The van der Waals surface area contributed by atoms with Gasteiger partial charge in [0.1, 0.15) is 11.7 Å². The quantitative estimate of drug-likeness (QED) is 0.496. The fraction of sp³-hybridized carbons (Fsp3) is 0.250. The van der Waals surface area contributed by atoms with Crippen molar-refractivity contribution < 1.29 is 18.7 Å². The molecule has 1 saturated heterocycles. The summed E-state index contributed by atoms with van der Waals surface area (Å²) in [6, 6.07) is 21.1. The van der Waals surface area contributed by atoms with Gasteiger partial charge in [-0.3, -0.25) is 19.4 Å². The first kappa shape index (κ1) is 21.3. The standard InChI is InChI=1S/C14H15FO.C10H10N2O2/c1-11-7-8-14(16-10-4-9-15)13-6-3-2-5-12(11)13;1-7-9(13)11-12(10(7)14)8-5-3-2-4-6-8/h2-3,5-8H,4,9-10H2,1H3;2-7H,1H3,(H,11,13). The monoisotopic (exact) mass is 408 g/mol. The van der Waals surface area contributed by atoms with E-state index < -0.39 is 5.92 Å². The van der Waals surface area contributed by atoms with Crippen LogP contribution < -0.4 is 15.2 Å². The molecule has 0 aromatic heterocycles. The maximum absolute atomic E-state index is 12.0. The first-order chi connectivity index (χ1) is 14.5. The summed E-state index contributed by atoms with van der Waals surface area (Å²) in [7, 11) is 0. The van der Waals surface area contributed by atoms with E-state index in [9.17, 15) is 14.0 Å². The number of benzene rings is 3. The molecule has 1 aliphatic heterocycles. The Morgan fingerprint density at radius 2 is 1.63 bits per heavy atom. The Hall–Kier alpha value is -3.41. The molecule has 6 heteroatoms. The molecule has 3 aromatic carbocycles. The third-order valence-corrected chi connectivity index (χ3v) is 4.86. The molecular formula is C24H25FN2O3. The van der Waals surface area contributed by atoms with Crippen molar-refractivity contribution in [1.29, 1.82) is 0 Å². The van der Waals surface area contributed by atoms with E-state index in [1.165, 1.54) is 16.0 Å². The number of hydrogen-bond acceptors (Lipinski definition) is 3. The van der Waals surface area contributed by atoms with E-state index in [2.05, 4.69) is 18.4 Å². The minimum absolute atomic E-state index is 0.207. The summed E-state index contributed by atoms with van der Waals surface area (Å²) in [6.45, 7) is 3.78. The molecule has 1 heterocycles. The second-order valence-electron chi connectivity index (χ2n) is 7.02. The predicted octanol–water partition coefficient (Wildman–Crippen LogP) is 4.59. The summed E-state index contributed by atoms with van der Waals surface area (Å²) in [5, 5.41) is 3.58. The number of hydrazine groups is 1. The number of para-hydroxylation sites is 1. The van der Waals surface area contributed by atoms with Gasteiger partial charge in [-0.2, -0.15) is 0 Å². The Balaban J connectivity index is 0.000000172. The van der Waals surface area contributed by atoms with Crippen molar-refractivity contribution in [3.05, 3.63) is 72.3 Å². The van der Waals surface area contributed by atoms with Gasteiger partial charge in [0.2, 0.25) is 0 Å². The minimum atomic E-state index is -0.588. The lowest BCUT2D eigenvalue weighted by molar-refractivity contribution is -0.126. The number of amides is 2. The first-order valence-corrected chi connectivity index (χ1v) is 9.89. The number of ether oxygens (including phenoxy) is 1. The van der Waals surface area contributed by atoms with Gasteiger partial charge in [0.15, 0.2) is 0 Å². The van der Waals surface area contributed by atoms with E-state index in [1.54, 1.807) is 19.1 Å². The molecule has 0 radical (unpaired) electrons. The summed E-state index contributed by atoms with van der Waals surface area (Å²) in [5.74, 6) is -0.204. The second kappa shape index (κ2) is 9.87. The van der Waals surface area contributed by atoms with Crippen molar-refractivity contribution in [2.45, 2.75) is 20.3 Å². The Morgan fingerprint density at radius 3 is 2.27 bits per heavy atom. The topological polar surface area (TPSA) is 58.6 Å². The maximum atomic E-state index is 12.0. The first-order valence-electron chi connectivity index (χ1n) is 9.89. The van der Waals surface area contributed by atoms with Crippen LogP contribution in [0.25, 0.3) is 10.8 Å². The molecule has 5 nitrogen and oxygen atoms in total. The Morgan fingerprint density at radius 1 is 0.967 bits per heavy atom. The van der Waals surface area contributed by atoms with E-state index in [0.29, 0.717) is 18.7 Å². The number of anilines is 1. The van der Waals surface area contributed by atoms with Crippen LogP contribution in [-0.2, 0) is 9.59 Å². The van der Waals surface area contributed by atoms with Crippen LogP contribution in [0.4, 0.5) is 10.1 Å². The molecule has 4 rings (SSSR count). The largest absolute Gasteiger partial charge is 0.493 e. The highest BCUT2D eigenvalue weighted by Gasteiger charge is 2.36. The Labute approximate surface area is 175 Å². The molecule has 1 unspecified atom stereocenters. The number of carbonyl (C=O) groups excluding carboxylic acids is 2. The predicted molar refractivity (Wildman–Crippen MR) is 116 cm³/mol. The Bertz CT molecular complexity index is 1020. The molecule has 1 N–H and O–H groups in total. The molecule has 2 amide bonds. The van der Waals surface area contributed by atoms with E-state index in [-0.39, 0.29) is 18.5 Å². The van der Waals surface area contributed by atoms with Crippen LogP contribution in [0.15, 0.2) is 66.7 Å². The van der Waals surface area contributed by atoms with E-state index in [1.807, 2.05) is 48.5 Å².